The molecular weight excluding hydrogens is 349 g/mol. The number of ether oxygens (including phenoxy) is 3. The Hall–Kier alpha value is -2.86. The van der Waals surface area contributed by atoms with Crippen LogP contribution in [-0.2, 0) is 13.0 Å². The number of hydrogen-bond acceptors (Lipinski definition) is 5. The van der Waals surface area contributed by atoms with Gasteiger partial charge in [0.2, 0.25) is 12.5 Å². The van der Waals surface area contributed by atoms with Gasteiger partial charge in [0, 0.05) is 18.7 Å². The summed E-state index contributed by atoms with van der Waals surface area (Å²) in [4.78, 5) is 15.2. The van der Waals surface area contributed by atoms with E-state index in [-0.39, 0.29) is 18.4 Å². The fourth-order valence-corrected chi connectivity index (χ4v) is 3.60. The first-order valence-electron chi connectivity index (χ1n) is 8.76. The zero-order valence-corrected chi connectivity index (χ0v) is 15.3. The maximum atomic E-state index is 13.1. The average Bonchev–Trinajstić information content (AvgIpc) is 3.14. The van der Waals surface area contributed by atoms with Crippen molar-refractivity contribution in [3.05, 3.63) is 58.4 Å². The number of rotatable bonds is 4. The smallest absolute Gasteiger partial charge is 0.231 e. The molecule has 0 saturated heterocycles. The van der Waals surface area contributed by atoms with Crippen LogP contribution in [-0.4, -0.2) is 38.2 Å². The fraction of sp³-hybridized carbons (Fsp3) is 0.286. The topological polar surface area (TPSA) is 48.0 Å². The number of ketones is 1. The third-order valence-electron chi connectivity index (χ3n) is 4.91. The molecule has 2 aromatic rings. The van der Waals surface area contributed by atoms with E-state index < -0.39 is 0 Å². The van der Waals surface area contributed by atoms with E-state index in [0.717, 1.165) is 29.7 Å². The van der Waals surface area contributed by atoms with Gasteiger partial charge in [0.15, 0.2) is 17.3 Å². The molecule has 140 valence electrons. The van der Waals surface area contributed by atoms with Crippen LogP contribution in [0.4, 0.5) is 4.39 Å². The minimum absolute atomic E-state index is 0.0619. The molecule has 0 atom stereocenters. The third-order valence-corrected chi connectivity index (χ3v) is 4.91. The van der Waals surface area contributed by atoms with Crippen LogP contribution in [0.3, 0.4) is 0 Å². The van der Waals surface area contributed by atoms with Gasteiger partial charge in [-0.3, -0.25) is 4.79 Å². The Balaban J connectivity index is 1.78. The van der Waals surface area contributed by atoms with E-state index in [1.165, 1.54) is 18.2 Å². The van der Waals surface area contributed by atoms with Crippen molar-refractivity contribution >= 4 is 11.9 Å². The Morgan fingerprint density at radius 3 is 2.67 bits per heavy atom. The molecule has 0 bridgehead atoms. The molecule has 2 heterocycles. The van der Waals surface area contributed by atoms with Gasteiger partial charge in [0.25, 0.3) is 0 Å². The van der Waals surface area contributed by atoms with E-state index in [1.54, 1.807) is 25.3 Å². The number of methoxy groups -OCH3 is 1. The Labute approximate surface area is 156 Å². The van der Waals surface area contributed by atoms with Crippen molar-refractivity contribution in [3.8, 4) is 17.2 Å². The summed E-state index contributed by atoms with van der Waals surface area (Å²) in [5.74, 6) is 1.11. The van der Waals surface area contributed by atoms with Gasteiger partial charge in [-0.1, -0.05) is 18.2 Å². The van der Waals surface area contributed by atoms with Crippen molar-refractivity contribution in [2.75, 3.05) is 27.5 Å². The van der Waals surface area contributed by atoms with E-state index in [1.807, 2.05) is 7.05 Å². The lowest BCUT2D eigenvalue weighted by Crippen LogP contribution is -2.28. The van der Waals surface area contributed by atoms with Crippen molar-refractivity contribution in [2.24, 2.45) is 0 Å². The molecule has 2 aromatic carbocycles. The molecule has 2 aliphatic rings. The summed E-state index contributed by atoms with van der Waals surface area (Å²) in [5, 5.41) is 0. The first-order valence-corrected chi connectivity index (χ1v) is 8.76. The van der Waals surface area contributed by atoms with Gasteiger partial charge < -0.3 is 19.1 Å². The van der Waals surface area contributed by atoms with Gasteiger partial charge in [-0.25, -0.2) is 4.39 Å². The molecule has 2 aliphatic heterocycles. The highest BCUT2D eigenvalue weighted by Crippen LogP contribution is 2.49. The predicted octanol–water partition coefficient (Wildman–Crippen LogP) is 3.45. The van der Waals surface area contributed by atoms with Crippen LogP contribution in [0, 0.1) is 5.82 Å². The average molecular weight is 369 g/mol. The zero-order chi connectivity index (χ0) is 19.0. The van der Waals surface area contributed by atoms with E-state index in [4.69, 9.17) is 14.2 Å². The SMILES string of the molecule is COc1c2c(c(C(=O)C=Cc3ccc(F)cc3)c3c1OCO3)CCN(C)C2. The Morgan fingerprint density at radius 2 is 1.93 bits per heavy atom. The van der Waals surface area contributed by atoms with E-state index in [9.17, 15) is 9.18 Å². The van der Waals surface area contributed by atoms with Crippen LogP contribution in [0.15, 0.2) is 30.3 Å². The zero-order valence-electron chi connectivity index (χ0n) is 15.3. The number of nitrogens with zero attached hydrogens (tertiary/aromatic N) is 1. The number of benzene rings is 2. The van der Waals surface area contributed by atoms with Gasteiger partial charge in [-0.15, -0.1) is 0 Å². The van der Waals surface area contributed by atoms with Gasteiger partial charge in [-0.05, 0) is 42.8 Å². The number of carbonyl (C=O) groups excluding carboxylic acids is 1. The van der Waals surface area contributed by atoms with Crippen molar-refractivity contribution in [1.29, 1.82) is 0 Å². The van der Waals surface area contributed by atoms with Crippen molar-refractivity contribution in [1.82, 2.24) is 4.90 Å². The Bertz CT molecular complexity index is 921. The second-order valence-corrected chi connectivity index (χ2v) is 6.67. The first kappa shape index (κ1) is 17.5. The molecule has 5 nitrogen and oxygen atoms in total. The van der Waals surface area contributed by atoms with Gasteiger partial charge in [0.1, 0.15) is 5.82 Å². The lowest BCUT2D eigenvalue weighted by molar-refractivity contribution is 0.104. The molecule has 0 amide bonds. The highest BCUT2D eigenvalue weighted by atomic mass is 19.1. The minimum Gasteiger partial charge on any atom is -0.492 e. The summed E-state index contributed by atoms with van der Waals surface area (Å²) in [5.41, 5.74) is 3.20. The van der Waals surface area contributed by atoms with Gasteiger partial charge in [0.05, 0.1) is 12.7 Å². The molecule has 6 heteroatoms. The number of allylic oxidation sites excluding steroid dienone is 1. The van der Waals surface area contributed by atoms with Crippen molar-refractivity contribution in [3.63, 3.8) is 0 Å². The van der Waals surface area contributed by atoms with Crippen LogP contribution in [0.25, 0.3) is 6.08 Å². The van der Waals surface area contributed by atoms with Crippen LogP contribution in [0.2, 0.25) is 0 Å². The lowest BCUT2D eigenvalue weighted by Gasteiger charge is -2.28. The molecule has 0 spiro atoms. The van der Waals surface area contributed by atoms with Crippen LogP contribution in [0.1, 0.15) is 27.0 Å². The molecule has 0 N–H and O–H groups in total. The molecule has 0 aliphatic carbocycles. The monoisotopic (exact) mass is 369 g/mol. The second-order valence-electron chi connectivity index (χ2n) is 6.67. The highest BCUT2D eigenvalue weighted by Gasteiger charge is 2.34. The summed E-state index contributed by atoms with van der Waals surface area (Å²) in [6.07, 6.45) is 3.90. The Morgan fingerprint density at radius 1 is 1.19 bits per heavy atom. The lowest BCUT2D eigenvalue weighted by atomic mass is 9.90. The minimum atomic E-state index is -0.310. The molecule has 0 saturated carbocycles. The molecule has 4 rings (SSSR count). The molecule has 0 unspecified atom stereocenters. The number of hydrogen-bond donors (Lipinski definition) is 0. The number of halogens is 1. The van der Waals surface area contributed by atoms with E-state index >= 15 is 0 Å². The normalized spacial score (nSPS) is 15.8. The molecule has 27 heavy (non-hydrogen) atoms. The largest absolute Gasteiger partial charge is 0.492 e. The first-order chi connectivity index (χ1) is 13.1. The Kier molecular flexibility index (Phi) is 4.58. The number of fused-ring (bicyclic) bond motifs is 2. The summed E-state index contributed by atoms with van der Waals surface area (Å²) >= 11 is 0. The van der Waals surface area contributed by atoms with E-state index in [2.05, 4.69) is 4.90 Å². The second kappa shape index (κ2) is 7.04. The summed E-state index contributed by atoms with van der Waals surface area (Å²) < 4.78 is 29.9. The molecular formula is C21H20FNO4. The number of carbonyl (C=O) groups is 1. The highest BCUT2D eigenvalue weighted by molar-refractivity contribution is 6.11. The molecule has 0 fully saturated rings. The maximum Gasteiger partial charge on any atom is 0.231 e. The van der Waals surface area contributed by atoms with E-state index in [0.29, 0.717) is 29.4 Å². The van der Waals surface area contributed by atoms with Crippen LogP contribution in [0.5, 0.6) is 17.2 Å². The molecule has 0 radical (unpaired) electrons. The fourth-order valence-electron chi connectivity index (χ4n) is 3.60. The molecule has 0 aromatic heterocycles. The van der Waals surface area contributed by atoms with Crippen LogP contribution >= 0.6 is 0 Å². The van der Waals surface area contributed by atoms with Gasteiger partial charge in [-0.2, -0.15) is 0 Å². The van der Waals surface area contributed by atoms with Crippen molar-refractivity contribution in [2.45, 2.75) is 13.0 Å². The standard InChI is InChI=1S/C21H20FNO4/c1-23-10-9-15-16(11-23)19(25-2)21-20(26-12-27-21)18(15)17(24)8-5-13-3-6-14(22)7-4-13/h3-8H,9-12H2,1-2H3. The summed E-state index contributed by atoms with van der Waals surface area (Å²) in [7, 11) is 3.63. The summed E-state index contributed by atoms with van der Waals surface area (Å²) in [6, 6.07) is 5.98. The number of likely N-dealkylation sites (N-methyl/N-ethyl adjacent to an activating group) is 1. The summed E-state index contributed by atoms with van der Waals surface area (Å²) in [6.45, 7) is 1.58. The quantitative estimate of drug-likeness (QED) is 0.610. The van der Waals surface area contributed by atoms with Crippen LogP contribution < -0.4 is 14.2 Å². The predicted molar refractivity (Wildman–Crippen MR) is 98.9 cm³/mol. The van der Waals surface area contributed by atoms with Crippen molar-refractivity contribution < 1.29 is 23.4 Å². The van der Waals surface area contributed by atoms with Gasteiger partial charge >= 0.3 is 0 Å². The maximum absolute atomic E-state index is 13.1. The third kappa shape index (κ3) is 3.17.